The van der Waals surface area contributed by atoms with Crippen molar-refractivity contribution >= 4 is 22.8 Å². The lowest BCUT2D eigenvalue weighted by Crippen LogP contribution is -2.10. The predicted molar refractivity (Wildman–Crippen MR) is 99.5 cm³/mol. The van der Waals surface area contributed by atoms with Crippen LogP contribution < -0.4 is 11.1 Å². The molecule has 0 aliphatic rings. The van der Waals surface area contributed by atoms with E-state index in [1.807, 2.05) is 41.0 Å². The quantitative estimate of drug-likeness (QED) is 0.580. The number of hydrogen-bond acceptors (Lipinski definition) is 6. The summed E-state index contributed by atoms with van der Waals surface area (Å²) in [5.41, 5.74) is 8.06. The van der Waals surface area contributed by atoms with E-state index >= 15 is 0 Å². The molecule has 3 N–H and O–H groups in total. The van der Waals surface area contributed by atoms with Crippen LogP contribution >= 0.6 is 0 Å². The summed E-state index contributed by atoms with van der Waals surface area (Å²) in [6.45, 7) is 0.260. The molecule has 4 aromatic rings. The van der Waals surface area contributed by atoms with Crippen molar-refractivity contribution in [3.8, 4) is 11.8 Å². The highest BCUT2D eigenvalue weighted by Crippen LogP contribution is 2.23. The minimum Gasteiger partial charge on any atom is -0.368 e. The Hall–Kier alpha value is -3.99. The highest BCUT2D eigenvalue weighted by Gasteiger charge is 2.14. The van der Waals surface area contributed by atoms with E-state index in [0.717, 1.165) is 5.69 Å². The smallest absolute Gasteiger partial charge is 0.222 e. The lowest BCUT2D eigenvalue weighted by atomic mass is 10.2. The maximum atomic E-state index is 13.8. The summed E-state index contributed by atoms with van der Waals surface area (Å²) in [6, 6.07) is 16.0. The first-order chi connectivity index (χ1) is 13.2. The highest BCUT2D eigenvalue weighted by atomic mass is 19.1. The van der Waals surface area contributed by atoms with Gasteiger partial charge in [0.15, 0.2) is 0 Å². The molecule has 0 saturated heterocycles. The molecule has 27 heavy (non-hydrogen) atoms. The number of para-hydroxylation sites is 1. The highest BCUT2D eigenvalue weighted by molar-refractivity contribution is 5.78. The van der Waals surface area contributed by atoms with E-state index in [0.29, 0.717) is 22.7 Å². The first-order valence-electron chi connectivity index (χ1n) is 8.14. The Labute approximate surface area is 153 Å². The molecule has 2 aromatic carbocycles. The fraction of sp³-hybridized carbons (Fsp3) is 0.0526. The maximum Gasteiger partial charge on any atom is 0.222 e. The molecular formula is C19H14FN7. The van der Waals surface area contributed by atoms with Gasteiger partial charge in [0.2, 0.25) is 5.95 Å². The van der Waals surface area contributed by atoms with Crippen LogP contribution in [-0.4, -0.2) is 19.5 Å². The number of anilines is 2. The van der Waals surface area contributed by atoms with Gasteiger partial charge in [-0.25, -0.2) is 14.4 Å². The standard InChI is InChI=1S/C19H14FN7/c20-13-6-7-15-16(8-13)27(14-4-2-1-3-5-14)17(25-15)11-23-18-12(9-21)10-24-19(22)26-18/h1-8,10H,11H2,(H3,22,23,24,26). The number of aromatic nitrogens is 4. The van der Waals surface area contributed by atoms with Gasteiger partial charge < -0.3 is 11.1 Å². The zero-order valence-electron chi connectivity index (χ0n) is 14.1. The Bertz CT molecular complexity index is 1160. The van der Waals surface area contributed by atoms with Gasteiger partial charge in [-0.2, -0.15) is 10.2 Å². The minimum atomic E-state index is -0.338. The van der Waals surface area contributed by atoms with Gasteiger partial charge in [-0.15, -0.1) is 0 Å². The molecule has 0 fully saturated rings. The van der Waals surface area contributed by atoms with Crippen LogP contribution in [0.25, 0.3) is 16.7 Å². The lowest BCUT2D eigenvalue weighted by molar-refractivity contribution is 0.629. The third-order valence-corrected chi connectivity index (χ3v) is 4.04. The Balaban J connectivity index is 1.78. The summed E-state index contributed by atoms with van der Waals surface area (Å²) >= 11 is 0. The molecule has 7 nitrogen and oxygen atoms in total. The van der Waals surface area contributed by atoms with Crippen molar-refractivity contribution in [3.05, 3.63) is 71.9 Å². The van der Waals surface area contributed by atoms with Crippen LogP contribution in [0, 0.1) is 17.1 Å². The van der Waals surface area contributed by atoms with Crippen molar-refractivity contribution in [1.82, 2.24) is 19.5 Å². The molecule has 0 bridgehead atoms. The Morgan fingerprint density at radius 3 is 2.74 bits per heavy atom. The fourth-order valence-electron chi connectivity index (χ4n) is 2.86. The molecular weight excluding hydrogens is 345 g/mol. The van der Waals surface area contributed by atoms with E-state index in [2.05, 4.69) is 20.3 Å². The summed E-state index contributed by atoms with van der Waals surface area (Å²) < 4.78 is 15.7. The van der Waals surface area contributed by atoms with E-state index < -0.39 is 0 Å². The molecule has 0 aliphatic carbocycles. The first kappa shape index (κ1) is 16.5. The summed E-state index contributed by atoms with van der Waals surface area (Å²) in [4.78, 5) is 12.5. The van der Waals surface area contributed by atoms with Crippen LogP contribution in [0.3, 0.4) is 0 Å². The number of fused-ring (bicyclic) bond motifs is 1. The fourth-order valence-corrected chi connectivity index (χ4v) is 2.86. The molecule has 0 unspecified atom stereocenters. The largest absolute Gasteiger partial charge is 0.368 e. The monoisotopic (exact) mass is 359 g/mol. The van der Waals surface area contributed by atoms with Crippen molar-refractivity contribution in [2.24, 2.45) is 0 Å². The topological polar surface area (TPSA) is 105 Å². The number of nitrogens with one attached hydrogen (secondary N) is 1. The summed E-state index contributed by atoms with van der Waals surface area (Å²) in [5, 5.41) is 12.3. The van der Waals surface area contributed by atoms with Gasteiger partial charge in [0.05, 0.1) is 23.8 Å². The number of benzene rings is 2. The Kier molecular flexibility index (Phi) is 4.10. The molecule has 4 rings (SSSR count). The Morgan fingerprint density at radius 1 is 1.15 bits per heavy atom. The second-order valence-corrected chi connectivity index (χ2v) is 5.79. The molecule has 0 aliphatic heterocycles. The number of nitrogen functional groups attached to an aromatic ring is 1. The number of halogens is 1. The van der Waals surface area contributed by atoms with Gasteiger partial charge in [0.1, 0.15) is 29.1 Å². The van der Waals surface area contributed by atoms with Gasteiger partial charge >= 0.3 is 0 Å². The molecule has 8 heteroatoms. The Morgan fingerprint density at radius 2 is 1.96 bits per heavy atom. The van der Waals surface area contributed by atoms with E-state index in [-0.39, 0.29) is 23.9 Å². The van der Waals surface area contributed by atoms with E-state index in [1.54, 1.807) is 6.07 Å². The van der Waals surface area contributed by atoms with Crippen LogP contribution in [0.4, 0.5) is 16.2 Å². The second-order valence-electron chi connectivity index (χ2n) is 5.79. The van der Waals surface area contributed by atoms with Gasteiger partial charge in [0.25, 0.3) is 0 Å². The molecule has 0 spiro atoms. The van der Waals surface area contributed by atoms with Crippen molar-refractivity contribution in [1.29, 1.82) is 5.26 Å². The number of imidazole rings is 1. The van der Waals surface area contributed by atoms with Crippen molar-refractivity contribution in [2.75, 3.05) is 11.1 Å². The van der Waals surface area contributed by atoms with Crippen molar-refractivity contribution < 1.29 is 4.39 Å². The van der Waals surface area contributed by atoms with Gasteiger partial charge in [-0.05, 0) is 24.3 Å². The first-order valence-corrected chi connectivity index (χ1v) is 8.14. The van der Waals surface area contributed by atoms with E-state index in [9.17, 15) is 9.65 Å². The maximum absolute atomic E-state index is 13.8. The number of nitriles is 1. The zero-order valence-corrected chi connectivity index (χ0v) is 14.1. The molecule has 0 amide bonds. The average molecular weight is 359 g/mol. The summed E-state index contributed by atoms with van der Waals surface area (Å²) in [7, 11) is 0. The minimum absolute atomic E-state index is 0.0649. The van der Waals surface area contributed by atoms with Gasteiger partial charge in [-0.3, -0.25) is 4.57 Å². The van der Waals surface area contributed by atoms with Gasteiger partial charge in [-0.1, -0.05) is 18.2 Å². The van der Waals surface area contributed by atoms with E-state index in [4.69, 9.17) is 5.73 Å². The third-order valence-electron chi connectivity index (χ3n) is 4.04. The SMILES string of the molecule is N#Cc1cnc(N)nc1NCc1nc2ccc(F)cc2n1-c1ccccc1. The lowest BCUT2D eigenvalue weighted by Gasteiger charge is -2.11. The molecule has 0 atom stereocenters. The van der Waals surface area contributed by atoms with Crippen LogP contribution in [0.5, 0.6) is 0 Å². The van der Waals surface area contributed by atoms with Crippen molar-refractivity contribution in [3.63, 3.8) is 0 Å². The average Bonchev–Trinajstić information content (AvgIpc) is 3.04. The molecule has 0 radical (unpaired) electrons. The number of hydrogen-bond donors (Lipinski definition) is 2. The van der Waals surface area contributed by atoms with Crippen LogP contribution in [0.2, 0.25) is 0 Å². The molecule has 2 aromatic heterocycles. The van der Waals surface area contributed by atoms with Crippen molar-refractivity contribution in [2.45, 2.75) is 6.54 Å². The second kappa shape index (κ2) is 6.72. The van der Waals surface area contributed by atoms with Crippen LogP contribution in [-0.2, 0) is 6.54 Å². The predicted octanol–water partition coefficient (Wildman–Crippen LogP) is 3.02. The van der Waals surface area contributed by atoms with Crippen LogP contribution in [0.15, 0.2) is 54.7 Å². The normalized spacial score (nSPS) is 10.7. The molecule has 0 saturated carbocycles. The summed E-state index contributed by atoms with van der Waals surface area (Å²) in [5.74, 6) is 0.690. The third kappa shape index (κ3) is 3.14. The summed E-state index contributed by atoms with van der Waals surface area (Å²) in [6.07, 6.45) is 1.36. The van der Waals surface area contributed by atoms with E-state index in [1.165, 1.54) is 18.3 Å². The number of nitrogens with two attached hydrogens (primary N) is 1. The number of rotatable bonds is 4. The molecule has 132 valence electrons. The molecule has 2 heterocycles. The van der Waals surface area contributed by atoms with Crippen LogP contribution in [0.1, 0.15) is 11.4 Å². The number of nitrogens with zero attached hydrogens (tertiary/aromatic N) is 5. The zero-order chi connectivity index (χ0) is 18.8. The van der Waals surface area contributed by atoms with Gasteiger partial charge in [0, 0.05) is 11.8 Å².